The van der Waals surface area contributed by atoms with E-state index in [1.807, 2.05) is 26.0 Å². The number of methoxy groups -OCH3 is 1. The Balaban J connectivity index is 2.67. The second-order valence-corrected chi connectivity index (χ2v) is 4.20. The summed E-state index contributed by atoms with van der Waals surface area (Å²) >= 11 is 0. The van der Waals surface area contributed by atoms with E-state index in [0.717, 1.165) is 11.1 Å². The van der Waals surface area contributed by atoms with Gasteiger partial charge in [0.2, 0.25) is 0 Å². The molecule has 0 aliphatic rings. The van der Waals surface area contributed by atoms with Gasteiger partial charge < -0.3 is 4.74 Å². The molecule has 1 rings (SSSR count). The summed E-state index contributed by atoms with van der Waals surface area (Å²) in [7, 11) is 1.54. The molecule has 3 heteroatoms. The molecule has 1 aromatic carbocycles. The number of ketones is 2. The molecule has 0 fully saturated rings. The van der Waals surface area contributed by atoms with Gasteiger partial charge in [0.05, 0.1) is 13.0 Å². The molecule has 0 spiro atoms. The van der Waals surface area contributed by atoms with Crippen LogP contribution >= 0.6 is 0 Å². The minimum absolute atomic E-state index is 0.0345. The maximum atomic E-state index is 11.9. The van der Waals surface area contributed by atoms with Crippen molar-refractivity contribution in [1.82, 2.24) is 0 Å². The van der Waals surface area contributed by atoms with E-state index >= 15 is 0 Å². The molecule has 0 atom stereocenters. The van der Waals surface area contributed by atoms with E-state index in [2.05, 4.69) is 0 Å². The van der Waals surface area contributed by atoms with Gasteiger partial charge in [-0.2, -0.15) is 0 Å². The van der Waals surface area contributed by atoms with Gasteiger partial charge >= 0.3 is 0 Å². The molecule has 92 valence electrons. The maximum Gasteiger partial charge on any atom is 0.170 e. The minimum atomic E-state index is -0.108. The summed E-state index contributed by atoms with van der Waals surface area (Å²) in [6.07, 6.45) is 0.264. The smallest absolute Gasteiger partial charge is 0.170 e. The Morgan fingerprint density at radius 3 is 2.53 bits per heavy atom. The third-order valence-corrected chi connectivity index (χ3v) is 2.63. The molecule has 17 heavy (non-hydrogen) atoms. The van der Waals surface area contributed by atoms with Crippen LogP contribution in [0.15, 0.2) is 18.2 Å². The third-order valence-electron chi connectivity index (χ3n) is 2.63. The van der Waals surface area contributed by atoms with Crippen LogP contribution < -0.4 is 0 Å². The summed E-state index contributed by atoms with van der Waals surface area (Å²) in [6, 6.07) is 5.63. The second kappa shape index (κ2) is 6.30. The van der Waals surface area contributed by atoms with Crippen LogP contribution in [0.4, 0.5) is 0 Å². The number of ether oxygens (including phenoxy) is 1. The number of hydrogen-bond donors (Lipinski definition) is 0. The van der Waals surface area contributed by atoms with Crippen molar-refractivity contribution < 1.29 is 14.3 Å². The number of Topliss-reactive ketones (excluding diaryl/α,β-unsaturated/α-hetero) is 2. The first-order chi connectivity index (χ1) is 8.04. The Hall–Kier alpha value is -1.48. The largest absolute Gasteiger partial charge is 0.384 e. The van der Waals surface area contributed by atoms with Crippen molar-refractivity contribution in [2.75, 3.05) is 13.7 Å². The topological polar surface area (TPSA) is 43.4 Å². The molecule has 1 aromatic rings. The van der Waals surface area contributed by atoms with Crippen LogP contribution in [0.1, 0.15) is 34.3 Å². The standard InChI is InChI=1S/C14H18O3/c1-10-4-5-13(11(2)8-10)14(16)9-12(15)6-7-17-3/h4-5,8H,6-7,9H2,1-3H3. The first-order valence-electron chi connectivity index (χ1n) is 5.65. The molecule has 0 N–H and O–H groups in total. The highest BCUT2D eigenvalue weighted by atomic mass is 16.5. The van der Waals surface area contributed by atoms with Gasteiger partial charge in [-0.3, -0.25) is 9.59 Å². The Bertz CT molecular complexity index is 421. The van der Waals surface area contributed by atoms with E-state index in [0.29, 0.717) is 18.6 Å². The minimum Gasteiger partial charge on any atom is -0.384 e. The van der Waals surface area contributed by atoms with Crippen LogP contribution in [0.5, 0.6) is 0 Å². The SMILES string of the molecule is COCCC(=O)CC(=O)c1ccc(C)cc1C. The summed E-state index contributed by atoms with van der Waals surface area (Å²) in [5, 5.41) is 0. The van der Waals surface area contributed by atoms with E-state index in [1.165, 1.54) is 0 Å². The molecule has 0 bridgehead atoms. The summed E-state index contributed by atoms with van der Waals surface area (Å²) < 4.78 is 4.81. The molecule has 0 amide bonds. The van der Waals surface area contributed by atoms with Gasteiger partial charge in [0, 0.05) is 19.1 Å². The number of carbonyl (C=O) groups excluding carboxylic acids is 2. The van der Waals surface area contributed by atoms with Crippen LogP contribution in [-0.4, -0.2) is 25.3 Å². The molecule has 3 nitrogen and oxygen atoms in total. The fourth-order valence-corrected chi connectivity index (χ4v) is 1.71. The van der Waals surface area contributed by atoms with Crippen LogP contribution in [0.2, 0.25) is 0 Å². The Labute approximate surface area is 102 Å². The predicted octanol–water partition coefficient (Wildman–Crippen LogP) is 2.48. The monoisotopic (exact) mass is 234 g/mol. The molecule has 0 aromatic heterocycles. The molecule has 0 aliphatic heterocycles. The van der Waals surface area contributed by atoms with Gasteiger partial charge in [0.15, 0.2) is 5.78 Å². The van der Waals surface area contributed by atoms with Crippen LogP contribution in [0.3, 0.4) is 0 Å². The summed E-state index contributed by atoms with van der Waals surface area (Å²) in [5.74, 6) is -0.180. The Morgan fingerprint density at radius 2 is 1.94 bits per heavy atom. The van der Waals surface area contributed by atoms with Crippen LogP contribution in [0.25, 0.3) is 0 Å². The second-order valence-electron chi connectivity index (χ2n) is 4.20. The lowest BCUT2D eigenvalue weighted by molar-refractivity contribution is -0.119. The van der Waals surface area contributed by atoms with Gasteiger partial charge in [-0.25, -0.2) is 0 Å². The predicted molar refractivity (Wildman–Crippen MR) is 66.4 cm³/mol. The first kappa shape index (κ1) is 13.6. The zero-order chi connectivity index (χ0) is 12.8. The molecule has 0 aliphatic carbocycles. The van der Waals surface area contributed by atoms with Gasteiger partial charge in [-0.15, -0.1) is 0 Å². The molecule has 0 saturated carbocycles. The van der Waals surface area contributed by atoms with Crippen molar-refractivity contribution in [3.05, 3.63) is 34.9 Å². The van der Waals surface area contributed by atoms with E-state index < -0.39 is 0 Å². The summed E-state index contributed by atoms with van der Waals surface area (Å²) in [5.41, 5.74) is 2.68. The van der Waals surface area contributed by atoms with Crippen LogP contribution in [-0.2, 0) is 9.53 Å². The Kier molecular flexibility index (Phi) is 5.04. The van der Waals surface area contributed by atoms with Gasteiger partial charge in [0.1, 0.15) is 5.78 Å². The van der Waals surface area contributed by atoms with Crippen molar-refractivity contribution in [3.8, 4) is 0 Å². The van der Waals surface area contributed by atoms with E-state index in [4.69, 9.17) is 4.74 Å². The average molecular weight is 234 g/mol. The van der Waals surface area contributed by atoms with Crippen molar-refractivity contribution in [1.29, 1.82) is 0 Å². The van der Waals surface area contributed by atoms with Gasteiger partial charge in [-0.1, -0.05) is 23.8 Å². The normalized spacial score (nSPS) is 10.3. The third kappa shape index (κ3) is 4.11. The zero-order valence-corrected chi connectivity index (χ0v) is 10.6. The Morgan fingerprint density at radius 1 is 1.24 bits per heavy atom. The van der Waals surface area contributed by atoms with Crippen LogP contribution in [0, 0.1) is 13.8 Å². The van der Waals surface area contributed by atoms with Gasteiger partial charge in [-0.05, 0) is 19.4 Å². The molecular formula is C14H18O3. The molecular weight excluding hydrogens is 216 g/mol. The molecule has 0 heterocycles. The molecule has 0 radical (unpaired) electrons. The lowest BCUT2D eigenvalue weighted by Gasteiger charge is -2.05. The average Bonchev–Trinajstić information content (AvgIpc) is 2.26. The van der Waals surface area contributed by atoms with E-state index in [1.54, 1.807) is 13.2 Å². The van der Waals surface area contributed by atoms with E-state index in [-0.39, 0.29) is 18.0 Å². The number of aryl methyl sites for hydroxylation is 2. The number of hydrogen-bond acceptors (Lipinski definition) is 3. The molecule has 0 unspecified atom stereocenters. The fourth-order valence-electron chi connectivity index (χ4n) is 1.71. The number of benzene rings is 1. The van der Waals surface area contributed by atoms with Gasteiger partial charge in [0.25, 0.3) is 0 Å². The highest BCUT2D eigenvalue weighted by molar-refractivity contribution is 6.08. The fraction of sp³-hybridized carbons (Fsp3) is 0.429. The van der Waals surface area contributed by atoms with E-state index in [9.17, 15) is 9.59 Å². The number of rotatable bonds is 6. The summed E-state index contributed by atoms with van der Waals surface area (Å²) in [4.78, 5) is 23.4. The van der Waals surface area contributed by atoms with Crippen molar-refractivity contribution >= 4 is 11.6 Å². The van der Waals surface area contributed by atoms with Crippen molar-refractivity contribution in [2.24, 2.45) is 0 Å². The number of carbonyl (C=O) groups is 2. The lowest BCUT2D eigenvalue weighted by atomic mass is 9.99. The van der Waals surface area contributed by atoms with Crippen molar-refractivity contribution in [3.63, 3.8) is 0 Å². The zero-order valence-electron chi connectivity index (χ0n) is 10.6. The highest BCUT2D eigenvalue weighted by Crippen LogP contribution is 2.13. The highest BCUT2D eigenvalue weighted by Gasteiger charge is 2.13. The first-order valence-corrected chi connectivity index (χ1v) is 5.65. The summed E-state index contributed by atoms with van der Waals surface area (Å²) in [6.45, 7) is 4.24. The maximum absolute atomic E-state index is 11.9. The van der Waals surface area contributed by atoms with Crippen molar-refractivity contribution in [2.45, 2.75) is 26.7 Å². The lowest BCUT2D eigenvalue weighted by Crippen LogP contribution is -2.11. The quantitative estimate of drug-likeness (QED) is 0.561. The molecule has 0 saturated heterocycles.